The molecule has 7 nitrogen and oxygen atoms in total. The van der Waals surface area contributed by atoms with Crippen LogP contribution >= 0.6 is 0 Å². The minimum atomic E-state index is -3.68. The third-order valence-electron chi connectivity index (χ3n) is 5.99. The van der Waals surface area contributed by atoms with Gasteiger partial charge in [0.1, 0.15) is 5.75 Å². The van der Waals surface area contributed by atoms with Crippen molar-refractivity contribution in [1.82, 2.24) is 14.5 Å². The Morgan fingerprint density at radius 3 is 2.33 bits per heavy atom. The summed E-state index contributed by atoms with van der Waals surface area (Å²) in [5.41, 5.74) is 0. The summed E-state index contributed by atoms with van der Waals surface area (Å²) in [7, 11) is -3.68. The predicted octanol–water partition coefficient (Wildman–Crippen LogP) is 2.62. The Balaban J connectivity index is 1.77. The van der Waals surface area contributed by atoms with Crippen LogP contribution in [0.2, 0.25) is 0 Å². The van der Waals surface area contributed by atoms with Crippen LogP contribution in [0.4, 0.5) is 0 Å². The Hall–Kier alpha value is -1.64. The molecular weight excluding hydrogens is 402 g/mol. The van der Waals surface area contributed by atoms with Gasteiger partial charge in [-0.3, -0.25) is 4.79 Å². The summed E-state index contributed by atoms with van der Waals surface area (Å²) in [6.07, 6.45) is 6.31. The Morgan fingerprint density at radius 2 is 1.73 bits per heavy atom. The topological polar surface area (TPSA) is 79.0 Å². The molecule has 168 valence electrons. The number of carbonyl (C=O) groups excluding carboxylic acids is 1. The average Bonchev–Trinajstić information content (AvgIpc) is 3.04. The molecule has 0 spiro atoms. The van der Waals surface area contributed by atoms with E-state index in [2.05, 4.69) is 5.32 Å². The Labute approximate surface area is 180 Å². The second-order valence-corrected chi connectivity index (χ2v) is 9.94. The highest BCUT2D eigenvalue weighted by Gasteiger charge is 2.32. The molecule has 0 radical (unpaired) electrons. The minimum absolute atomic E-state index is 0.0389. The van der Waals surface area contributed by atoms with E-state index in [0.29, 0.717) is 25.4 Å². The van der Waals surface area contributed by atoms with E-state index in [4.69, 9.17) is 4.74 Å². The highest BCUT2D eigenvalue weighted by molar-refractivity contribution is 7.89. The van der Waals surface area contributed by atoms with E-state index in [-0.39, 0.29) is 29.8 Å². The molecule has 0 bridgehead atoms. The van der Waals surface area contributed by atoms with Gasteiger partial charge in [0, 0.05) is 45.2 Å². The van der Waals surface area contributed by atoms with Gasteiger partial charge in [-0.25, -0.2) is 8.42 Å². The van der Waals surface area contributed by atoms with Gasteiger partial charge < -0.3 is 15.0 Å². The van der Waals surface area contributed by atoms with Gasteiger partial charge in [0.2, 0.25) is 15.9 Å². The summed E-state index contributed by atoms with van der Waals surface area (Å²) in [5.74, 6) is 0.698. The van der Waals surface area contributed by atoms with Gasteiger partial charge in [-0.2, -0.15) is 4.31 Å². The zero-order valence-electron chi connectivity index (χ0n) is 18.0. The van der Waals surface area contributed by atoms with Crippen molar-refractivity contribution in [2.45, 2.75) is 62.8 Å². The van der Waals surface area contributed by atoms with Crippen molar-refractivity contribution in [1.29, 1.82) is 0 Å². The quantitative estimate of drug-likeness (QED) is 0.633. The monoisotopic (exact) mass is 437 g/mol. The first kappa shape index (κ1) is 23.0. The molecule has 1 saturated heterocycles. The fraction of sp³-hybridized carbons (Fsp3) is 0.682. The van der Waals surface area contributed by atoms with Gasteiger partial charge in [0.25, 0.3) is 0 Å². The molecule has 0 unspecified atom stereocenters. The first-order valence-corrected chi connectivity index (χ1v) is 12.7. The number of nitrogens with one attached hydrogen (secondary N) is 1. The van der Waals surface area contributed by atoms with Crippen LogP contribution in [0.3, 0.4) is 0 Å². The van der Waals surface area contributed by atoms with Crippen LogP contribution in [0.25, 0.3) is 0 Å². The van der Waals surface area contributed by atoms with Crippen molar-refractivity contribution in [2.24, 2.45) is 0 Å². The molecule has 1 amide bonds. The van der Waals surface area contributed by atoms with Crippen molar-refractivity contribution in [3.05, 3.63) is 24.3 Å². The summed E-state index contributed by atoms with van der Waals surface area (Å²) < 4.78 is 34.2. The molecule has 1 aliphatic carbocycles. The fourth-order valence-electron chi connectivity index (χ4n) is 4.33. The molecule has 30 heavy (non-hydrogen) atoms. The zero-order valence-corrected chi connectivity index (χ0v) is 18.8. The smallest absolute Gasteiger partial charge is 0.243 e. The molecule has 1 aromatic rings. The lowest BCUT2D eigenvalue weighted by molar-refractivity contribution is -0.131. The standard InChI is InChI=1S/C22H35N3O4S/c1-2-29-20-9-11-21(12-10-20)30(27,28)25(19-7-5-3-4-6-8-19)16-13-22(26)24-17-14-23-15-18-24/h9-12,19,23H,2-8,13-18H2,1H3. The summed E-state index contributed by atoms with van der Waals surface area (Å²) in [6.45, 7) is 5.64. The molecule has 1 N–H and O–H groups in total. The highest BCUT2D eigenvalue weighted by atomic mass is 32.2. The number of benzene rings is 1. The maximum absolute atomic E-state index is 13.6. The van der Waals surface area contributed by atoms with E-state index in [1.54, 1.807) is 28.6 Å². The highest BCUT2D eigenvalue weighted by Crippen LogP contribution is 2.28. The average molecular weight is 438 g/mol. The Bertz CT molecular complexity index is 768. The Morgan fingerprint density at radius 1 is 1.10 bits per heavy atom. The van der Waals surface area contributed by atoms with Crippen molar-refractivity contribution in [2.75, 3.05) is 39.3 Å². The largest absolute Gasteiger partial charge is 0.494 e. The molecule has 8 heteroatoms. The second-order valence-electron chi connectivity index (χ2n) is 8.05. The molecule has 1 aromatic carbocycles. The number of carbonyl (C=O) groups is 1. The molecule has 3 rings (SSSR count). The molecule has 1 aliphatic heterocycles. The van der Waals surface area contributed by atoms with Gasteiger partial charge in [-0.15, -0.1) is 0 Å². The molecular formula is C22H35N3O4S. The lowest BCUT2D eigenvalue weighted by Crippen LogP contribution is -2.48. The SMILES string of the molecule is CCOc1ccc(S(=O)(=O)N(CCC(=O)N2CCNCC2)C2CCCCCC2)cc1. The van der Waals surface area contributed by atoms with Gasteiger partial charge in [-0.1, -0.05) is 25.7 Å². The van der Waals surface area contributed by atoms with E-state index < -0.39 is 10.0 Å². The number of piperazine rings is 1. The summed E-state index contributed by atoms with van der Waals surface area (Å²) in [4.78, 5) is 14.8. The number of hydrogen-bond donors (Lipinski definition) is 1. The van der Waals surface area contributed by atoms with E-state index >= 15 is 0 Å². The molecule has 1 heterocycles. The van der Waals surface area contributed by atoms with E-state index in [1.165, 1.54) is 0 Å². The minimum Gasteiger partial charge on any atom is -0.494 e. The number of sulfonamides is 1. The summed E-state index contributed by atoms with van der Waals surface area (Å²) in [5, 5.41) is 3.24. The number of amides is 1. The number of hydrogen-bond acceptors (Lipinski definition) is 5. The number of ether oxygens (including phenoxy) is 1. The van der Waals surface area contributed by atoms with Crippen molar-refractivity contribution in [3.63, 3.8) is 0 Å². The van der Waals surface area contributed by atoms with Crippen LogP contribution in [0.5, 0.6) is 5.75 Å². The van der Waals surface area contributed by atoms with Crippen LogP contribution < -0.4 is 10.1 Å². The summed E-state index contributed by atoms with van der Waals surface area (Å²) >= 11 is 0. The maximum Gasteiger partial charge on any atom is 0.243 e. The first-order valence-electron chi connectivity index (χ1n) is 11.3. The van der Waals surface area contributed by atoms with Crippen LogP contribution in [0.15, 0.2) is 29.2 Å². The van der Waals surface area contributed by atoms with Gasteiger partial charge >= 0.3 is 0 Å². The van der Waals surface area contributed by atoms with E-state index in [9.17, 15) is 13.2 Å². The Kier molecular flexibility index (Phi) is 8.53. The first-order chi connectivity index (χ1) is 14.5. The van der Waals surface area contributed by atoms with Crippen molar-refractivity contribution in [3.8, 4) is 5.75 Å². The van der Waals surface area contributed by atoms with Gasteiger partial charge in [0.15, 0.2) is 0 Å². The fourth-order valence-corrected chi connectivity index (χ4v) is 6.02. The van der Waals surface area contributed by atoms with Gasteiger partial charge in [-0.05, 0) is 44.0 Å². The maximum atomic E-state index is 13.6. The molecule has 1 saturated carbocycles. The molecule has 2 aliphatic rings. The van der Waals surface area contributed by atoms with Crippen molar-refractivity contribution >= 4 is 15.9 Å². The molecule has 0 atom stereocenters. The zero-order chi connectivity index (χ0) is 21.4. The molecule has 0 aromatic heterocycles. The van der Waals surface area contributed by atoms with Crippen LogP contribution in [-0.4, -0.2) is 68.9 Å². The summed E-state index contributed by atoms with van der Waals surface area (Å²) in [6, 6.07) is 6.59. The predicted molar refractivity (Wildman–Crippen MR) is 117 cm³/mol. The van der Waals surface area contributed by atoms with E-state index in [0.717, 1.165) is 51.6 Å². The van der Waals surface area contributed by atoms with Crippen LogP contribution in [-0.2, 0) is 14.8 Å². The normalized spacial score (nSPS) is 18.9. The van der Waals surface area contributed by atoms with Crippen LogP contribution in [0.1, 0.15) is 51.9 Å². The van der Waals surface area contributed by atoms with Gasteiger partial charge in [0.05, 0.1) is 11.5 Å². The van der Waals surface area contributed by atoms with E-state index in [1.807, 2.05) is 11.8 Å². The number of rotatable bonds is 8. The number of nitrogens with zero attached hydrogens (tertiary/aromatic N) is 2. The van der Waals surface area contributed by atoms with Crippen molar-refractivity contribution < 1.29 is 17.9 Å². The third kappa shape index (κ3) is 5.95. The lowest BCUT2D eigenvalue weighted by Gasteiger charge is -2.32. The second kappa shape index (κ2) is 11.1. The third-order valence-corrected chi connectivity index (χ3v) is 7.96. The molecule has 2 fully saturated rings. The van der Waals surface area contributed by atoms with Crippen LogP contribution in [0, 0.1) is 0 Å². The lowest BCUT2D eigenvalue weighted by atomic mass is 10.1.